The van der Waals surface area contributed by atoms with Crippen LogP contribution in [0.2, 0.25) is 0 Å². The predicted octanol–water partition coefficient (Wildman–Crippen LogP) is 6.94. The minimum absolute atomic E-state index is 0.0305. The summed E-state index contributed by atoms with van der Waals surface area (Å²) >= 11 is 0. The van der Waals surface area contributed by atoms with Gasteiger partial charge in [-0.05, 0) is 28.7 Å². The van der Waals surface area contributed by atoms with Crippen molar-refractivity contribution in [1.29, 1.82) is 0 Å². The van der Waals surface area contributed by atoms with Crippen molar-refractivity contribution in [3.8, 4) is 11.1 Å². The van der Waals surface area contributed by atoms with E-state index < -0.39 is 24.0 Å². The van der Waals surface area contributed by atoms with Crippen LogP contribution in [0.15, 0.2) is 48.7 Å². The number of hydrogen-bond acceptors (Lipinski definition) is 1. The van der Waals surface area contributed by atoms with E-state index in [1.807, 2.05) is 20.8 Å². The molecule has 0 radical (unpaired) electrons. The molecule has 3 rings (SSSR count). The Labute approximate surface area is 170 Å². The van der Waals surface area contributed by atoms with E-state index in [9.17, 15) is 26.3 Å². The number of alkyl halides is 6. The van der Waals surface area contributed by atoms with Gasteiger partial charge in [-0.25, -0.2) is 0 Å². The molecule has 8 heteroatoms. The van der Waals surface area contributed by atoms with E-state index in [1.165, 1.54) is 42.6 Å². The average Bonchev–Trinajstić information content (AvgIpc) is 2.95. The molecule has 0 spiro atoms. The Balaban J connectivity index is 2.25. The van der Waals surface area contributed by atoms with E-state index >= 15 is 0 Å². The SMILES string of the molecule is CC(C)(C)Cn1cc(C(N)C(F)(F)F)c2ccc(-c3ccccc3C(F)(F)F)cc21. The first-order valence-electron chi connectivity index (χ1n) is 9.30. The van der Waals surface area contributed by atoms with Crippen LogP contribution in [0, 0.1) is 5.41 Å². The fraction of sp³-hybridized carbons (Fsp3) is 0.364. The van der Waals surface area contributed by atoms with Gasteiger partial charge in [-0.3, -0.25) is 0 Å². The van der Waals surface area contributed by atoms with Gasteiger partial charge in [-0.2, -0.15) is 26.3 Å². The number of halogens is 6. The zero-order valence-electron chi connectivity index (χ0n) is 16.7. The van der Waals surface area contributed by atoms with Gasteiger partial charge in [0.2, 0.25) is 0 Å². The fourth-order valence-electron chi connectivity index (χ4n) is 3.54. The van der Waals surface area contributed by atoms with Crippen molar-refractivity contribution in [3.63, 3.8) is 0 Å². The molecule has 2 nitrogen and oxygen atoms in total. The van der Waals surface area contributed by atoms with E-state index in [1.54, 1.807) is 4.57 Å². The molecule has 0 bridgehead atoms. The highest BCUT2D eigenvalue weighted by Gasteiger charge is 2.40. The molecule has 1 unspecified atom stereocenters. The van der Waals surface area contributed by atoms with Gasteiger partial charge in [-0.1, -0.05) is 51.1 Å². The Hall–Kier alpha value is -2.48. The maximum Gasteiger partial charge on any atom is 0.417 e. The van der Waals surface area contributed by atoms with Gasteiger partial charge in [0.05, 0.1) is 5.56 Å². The van der Waals surface area contributed by atoms with Crippen molar-refractivity contribution in [3.05, 3.63) is 59.8 Å². The van der Waals surface area contributed by atoms with Crippen molar-refractivity contribution < 1.29 is 26.3 Å². The molecule has 0 amide bonds. The van der Waals surface area contributed by atoms with Crippen LogP contribution < -0.4 is 5.73 Å². The van der Waals surface area contributed by atoms with Crippen LogP contribution in [0.5, 0.6) is 0 Å². The minimum Gasteiger partial charge on any atom is -0.347 e. The summed E-state index contributed by atoms with van der Waals surface area (Å²) in [6, 6.07) is 7.26. The van der Waals surface area contributed by atoms with Gasteiger partial charge in [0.1, 0.15) is 6.04 Å². The molecule has 1 atom stereocenters. The van der Waals surface area contributed by atoms with Gasteiger partial charge in [0.25, 0.3) is 0 Å². The second kappa shape index (κ2) is 7.34. The van der Waals surface area contributed by atoms with E-state index in [2.05, 4.69) is 0 Å². The molecule has 0 aliphatic carbocycles. The summed E-state index contributed by atoms with van der Waals surface area (Å²) in [6.45, 7) is 6.14. The fourth-order valence-corrected chi connectivity index (χ4v) is 3.54. The van der Waals surface area contributed by atoms with Crippen LogP contribution in [0.25, 0.3) is 22.0 Å². The molecule has 2 aromatic carbocycles. The number of benzene rings is 2. The van der Waals surface area contributed by atoms with Gasteiger partial charge >= 0.3 is 12.4 Å². The van der Waals surface area contributed by atoms with E-state index in [0.29, 0.717) is 12.1 Å². The topological polar surface area (TPSA) is 30.9 Å². The number of nitrogens with zero attached hydrogens (tertiary/aromatic N) is 1. The zero-order chi connectivity index (χ0) is 22.5. The lowest BCUT2D eigenvalue weighted by atomic mass is 9.96. The van der Waals surface area contributed by atoms with Crippen LogP contribution in [0.4, 0.5) is 26.3 Å². The summed E-state index contributed by atoms with van der Waals surface area (Å²) in [7, 11) is 0. The number of fused-ring (bicyclic) bond motifs is 1. The van der Waals surface area contributed by atoms with Crippen LogP contribution in [-0.2, 0) is 12.7 Å². The lowest BCUT2D eigenvalue weighted by Gasteiger charge is -2.20. The molecule has 3 aromatic rings. The Morgan fingerprint density at radius 1 is 0.933 bits per heavy atom. The Bertz CT molecular complexity index is 1050. The minimum atomic E-state index is -4.64. The molecular weight excluding hydrogens is 406 g/mol. The summed E-state index contributed by atoms with van der Waals surface area (Å²) in [5.74, 6) is 0. The lowest BCUT2D eigenvalue weighted by molar-refractivity contribution is -0.148. The third kappa shape index (κ3) is 4.48. The zero-order valence-corrected chi connectivity index (χ0v) is 16.7. The number of aromatic nitrogens is 1. The monoisotopic (exact) mass is 428 g/mol. The highest BCUT2D eigenvalue weighted by molar-refractivity contribution is 5.89. The van der Waals surface area contributed by atoms with Crippen molar-refractivity contribution in [2.75, 3.05) is 0 Å². The predicted molar refractivity (Wildman–Crippen MR) is 105 cm³/mol. The summed E-state index contributed by atoms with van der Waals surface area (Å²) in [5.41, 5.74) is 4.94. The van der Waals surface area contributed by atoms with Crippen molar-refractivity contribution >= 4 is 10.9 Å². The number of nitrogens with two attached hydrogens (primary N) is 1. The normalized spacial score (nSPS) is 14.3. The van der Waals surface area contributed by atoms with Gasteiger partial charge in [-0.15, -0.1) is 0 Å². The van der Waals surface area contributed by atoms with Gasteiger partial charge < -0.3 is 10.3 Å². The first-order chi connectivity index (χ1) is 13.7. The molecule has 1 heterocycles. The summed E-state index contributed by atoms with van der Waals surface area (Å²) < 4.78 is 81.8. The molecule has 0 saturated heterocycles. The first kappa shape index (κ1) is 22.2. The van der Waals surface area contributed by atoms with Crippen LogP contribution in [0.1, 0.15) is 37.9 Å². The Kier molecular flexibility index (Phi) is 5.43. The van der Waals surface area contributed by atoms with E-state index in [4.69, 9.17) is 5.73 Å². The second-order valence-corrected chi connectivity index (χ2v) is 8.57. The maximum atomic E-state index is 13.4. The van der Waals surface area contributed by atoms with E-state index in [0.717, 1.165) is 6.07 Å². The highest BCUT2D eigenvalue weighted by Crippen LogP contribution is 2.40. The Morgan fingerprint density at radius 3 is 2.13 bits per heavy atom. The van der Waals surface area contributed by atoms with Crippen molar-refractivity contribution in [2.45, 2.75) is 45.7 Å². The summed E-state index contributed by atoms with van der Waals surface area (Å²) in [5, 5.41) is 0.275. The Morgan fingerprint density at radius 2 is 1.57 bits per heavy atom. The number of rotatable bonds is 3. The molecule has 162 valence electrons. The molecule has 0 saturated carbocycles. The maximum absolute atomic E-state index is 13.4. The molecule has 1 aromatic heterocycles. The van der Waals surface area contributed by atoms with Crippen LogP contribution in [-0.4, -0.2) is 10.7 Å². The summed E-state index contributed by atoms with van der Waals surface area (Å²) in [4.78, 5) is 0. The third-order valence-corrected chi connectivity index (χ3v) is 4.79. The van der Waals surface area contributed by atoms with E-state index in [-0.39, 0.29) is 27.5 Å². The van der Waals surface area contributed by atoms with Crippen molar-refractivity contribution in [1.82, 2.24) is 4.57 Å². The van der Waals surface area contributed by atoms with Crippen LogP contribution in [0.3, 0.4) is 0 Å². The second-order valence-electron chi connectivity index (χ2n) is 8.57. The quantitative estimate of drug-likeness (QED) is 0.450. The highest BCUT2D eigenvalue weighted by atomic mass is 19.4. The average molecular weight is 428 g/mol. The smallest absolute Gasteiger partial charge is 0.347 e. The van der Waals surface area contributed by atoms with Crippen molar-refractivity contribution in [2.24, 2.45) is 11.1 Å². The van der Waals surface area contributed by atoms with Gasteiger partial charge in [0.15, 0.2) is 0 Å². The molecule has 0 aliphatic heterocycles. The first-order valence-corrected chi connectivity index (χ1v) is 9.30. The summed E-state index contributed by atoms with van der Waals surface area (Å²) in [6.07, 6.45) is -7.83. The molecule has 2 N–H and O–H groups in total. The largest absolute Gasteiger partial charge is 0.417 e. The molecule has 0 fully saturated rings. The van der Waals surface area contributed by atoms with Crippen LogP contribution >= 0.6 is 0 Å². The molecular formula is C22H22F6N2. The third-order valence-electron chi connectivity index (χ3n) is 4.79. The number of hydrogen-bond donors (Lipinski definition) is 1. The van der Waals surface area contributed by atoms with Gasteiger partial charge in [0, 0.05) is 29.2 Å². The molecule has 30 heavy (non-hydrogen) atoms. The molecule has 0 aliphatic rings. The lowest BCUT2D eigenvalue weighted by Crippen LogP contribution is -2.28. The standard InChI is InChI=1S/C22H22F6N2/c1-20(2,3)12-30-11-16(19(29)22(26,27)28)15-9-8-13(10-18(15)30)14-6-4-5-7-17(14)21(23,24)25/h4-11,19H,12,29H2,1-3H3.